The number of nitrogens with zero attached hydrogens (tertiary/aromatic N) is 2. The van der Waals surface area contributed by atoms with Gasteiger partial charge in [-0.25, -0.2) is 9.97 Å². The van der Waals surface area contributed by atoms with Crippen molar-refractivity contribution in [3.63, 3.8) is 0 Å². The number of carboxylic acids is 1. The molecule has 76 valence electrons. The Bertz CT molecular complexity index is 312. The van der Waals surface area contributed by atoms with Crippen molar-refractivity contribution in [1.29, 1.82) is 0 Å². The average Bonchev–Trinajstić information content (AvgIpc) is 2.17. The number of aromatic nitrogens is 2. The van der Waals surface area contributed by atoms with Gasteiger partial charge in [-0.05, 0) is 0 Å². The van der Waals surface area contributed by atoms with Crippen LogP contribution in [0.25, 0.3) is 0 Å². The molecule has 0 saturated carbocycles. The molecule has 0 radical (unpaired) electrons. The SMILES string of the molecule is COc1ncc([C@@H](N)CC(=O)O)cn1. The van der Waals surface area contributed by atoms with Crippen LogP contribution in [0.4, 0.5) is 0 Å². The molecule has 0 aromatic carbocycles. The molecule has 0 aliphatic carbocycles. The Morgan fingerprint density at radius 3 is 2.64 bits per heavy atom. The lowest BCUT2D eigenvalue weighted by Crippen LogP contribution is -2.15. The van der Waals surface area contributed by atoms with Crippen molar-refractivity contribution >= 4 is 5.97 Å². The van der Waals surface area contributed by atoms with Crippen LogP contribution in [0.3, 0.4) is 0 Å². The van der Waals surface area contributed by atoms with Gasteiger partial charge in [0, 0.05) is 24.0 Å². The van der Waals surface area contributed by atoms with Crippen molar-refractivity contribution in [3.05, 3.63) is 18.0 Å². The zero-order valence-electron chi connectivity index (χ0n) is 7.67. The number of hydrogen-bond donors (Lipinski definition) is 2. The van der Waals surface area contributed by atoms with Gasteiger partial charge < -0.3 is 15.6 Å². The predicted octanol–water partition coefficient (Wildman–Crippen LogP) is -0.0403. The summed E-state index contributed by atoms with van der Waals surface area (Å²) in [6, 6.07) is -0.352. The fourth-order valence-electron chi connectivity index (χ4n) is 0.929. The van der Waals surface area contributed by atoms with Gasteiger partial charge in [0.1, 0.15) is 0 Å². The highest BCUT2D eigenvalue weighted by Gasteiger charge is 2.11. The van der Waals surface area contributed by atoms with E-state index >= 15 is 0 Å². The van der Waals surface area contributed by atoms with Crippen LogP contribution in [0.1, 0.15) is 18.0 Å². The standard InChI is InChI=1S/C8H11N3O3/c1-14-8-10-3-5(4-11-8)6(9)2-7(12)13/h3-4,6H,2,9H2,1H3,(H,12,13)/t6-/m0/s1. The zero-order valence-corrected chi connectivity index (χ0v) is 7.67. The van der Waals surface area contributed by atoms with Crippen molar-refractivity contribution < 1.29 is 14.6 Å². The van der Waals surface area contributed by atoms with Gasteiger partial charge in [0.25, 0.3) is 0 Å². The molecular weight excluding hydrogens is 186 g/mol. The molecule has 0 unspecified atom stereocenters. The van der Waals surface area contributed by atoms with Gasteiger partial charge in [-0.1, -0.05) is 0 Å². The normalized spacial score (nSPS) is 12.1. The van der Waals surface area contributed by atoms with Crippen molar-refractivity contribution in [1.82, 2.24) is 9.97 Å². The Morgan fingerprint density at radius 2 is 2.21 bits per heavy atom. The topological polar surface area (TPSA) is 98.3 Å². The van der Waals surface area contributed by atoms with Gasteiger partial charge in [0.05, 0.1) is 13.5 Å². The number of carboxylic acid groups (broad SMARTS) is 1. The van der Waals surface area contributed by atoms with Gasteiger partial charge >= 0.3 is 12.0 Å². The Kier molecular flexibility index (Phi) is 3.35. The number of methoxy groups -OCH3 is 1. The van der Waals surface area contributed by atoms with Crippen molar-refractivity contribution in [2.45, 2.75) is 12.5 Å². The minimum absolute atomic E-state index is 0.143. The van der Waals surface area contributed by atoms with Crippen molar-refractivity contribution in [2.24, 2.45) is 5.73 Å². The van der Waals surface area contributed by atoms with Crippen LogP contribution >= 0.6 is 0 Å². The number of ether oxygens (including phenoxy) is 1. The molecule has 1 aromatic heterocycles. The number of rotatable bonds is 4. The van der Waals surface area contributed by atoms with Crippen LogP contribution in [-0.4, -0.2) is 28.2 Å². The third kappa shape index (κ3) is 2.67. The van der Waals surface area contributed by atoms with Crippen LogP contribution < -0.4 is 10.5 Å². The molecule has 1 heterocycles. The first kappa shape index (κ1) is 10.4. The second-order valence-electron chi connectivity index (χ2n) is 2.71. The maximum absolute atomic E-state index is 10.4. The molecule has 0 spiro atoms. The van der Waals surface area contributed by atoms with Gasteiger partial charge in [-0.2, -0.15) is 0 Å². The highest BCUT2D eigenvalue weighted by molar-refractivity contribution is 5.67. The van der Waals surface area contributed by atoms with E-state index in [1.165, 1.54) is 19.5 Å². The van der Waals surface area contributed by atoms with Gasteiger partial charge in [-0.15, -0.1) is 0 Å². The van der Waals surface area contributed by atoms with E-state index in [1.54, 1.807) is 0 Å². The molecule has 14 heavy (non-hydrogen) atoms. The summed E-state index contributed by atoms with van der Waals surface area (Å²) in [5.74, 6) is -0.951. The lowest BCUT2D eigenvalue weighted by Gasteiger charge is -2.07. The molecule has 1 aromatic rings. The van der Waals surface area contributed by atoms with Crippen LogP contribution in [0.5, 0.6) is 6.01 Å². The third-order valence-corrected chi connectivity index (χ3v) is 1.65. The monoisotopic (exact) mass is 197 g/mol. The molecule has 0 amide bonds. The maximum atomic E-state index is 10.4. The average molecular weight is 197 g/mol. The van der Waals surface area contributed by atoms with E-state index in [0.717, 1.165) is 0 Å². The number of carbonyl (C=O) groups is 1. The van der Waals surface area contributed by atoms with Gasteiger partial charge in [-0.3, -0.25) is 4.79 Å². The summed E-state index contributed by atoms with van der Waals surface area (Å²) in [6.07, 6.45) is 2.77. The third-order valence-electron chi connectivity index (χ3n) is 1.65. The molecule has 0 saturated heterocycles. The second kappa shape index (κ2) is 4.52. The highest BCUT2D eigenvalue weighted by atomic mass is 16.5. The van der Waals surface area contributed by atoms with Crippen molar-refractivity contribution in [2.75, 3.05) is 7.11 Å². The Morgan fingerprint density at radius 1 is 1.64 bits per heavy atom. The largest absolute Gasteiger partial charge is 0.481 e. The molecule has 1 atom stereocenters. The number of aliphatic carboxylic acids is 1. The van der Waals surface area contributed by atoms with E-state index in [-0.39, 0.29) is 12.4 Å². The fourth-order valence-corrected chi connectivity index (χ4v) is 0.929. The predicted molar refractivity (Wildman–Crippen MR) is 47.8 cm³/mol. The summed E-state index contributed by atoms with van der Waals surface area (Å²) in [4.78, 5) is 18.0. The number of nitrogens with two attached hydrogens (primary N) is 1. The Hall–Kier alpha value is -1.69. The molecule has 0 aliphatic heterocycles. The highest BCUT2D eigenvalue weighted by Crippen LogP contribution is 2.12. The summed E-state index contributed by atoms with van der Waals surface area (Å²) < 4.78 is 4.75. The summed E-state index contributed by atoms with van der Waals surface area (Å²) >= 11 is 0. The fraction of sp³-hybridized carbons (Fsp3) is 0.375. The molecule has 3 N–H and O–H groups in total. The van der Waals surface area contributed by atoms with Crippen molar-refractivity contribution in [3.8, 4) is 6.01 Å². The molecular formula is C8H11N3O3. The first-order valence-corrected chi connectivity index (χ1v) is 3.96. The Balaban J connectivity index is 2.71. The van der Waals surface area contributed by atoms with E-state index in [0.29, 0.717) is 5.56 Å². The lowest BCUT2D eigenvalue weighted by atomic mass is 10.1. The molecule has 6 heteroatoms. The van der Waals surface area contributed by atoms with Crippen LogP contribution in [0.15, 0.2) is 12.4 Å². The van der Waals surface area contributed by atoms with Gasteiger partial charge in [0.2, 0.25) is 0 Å². The maximum Gasteiger partial charge on any atom is 0.316 e. The van der Waals surface area contributed by atoms with E-state index in [9.17, 15) is 4.79 Å². The minimum Gasteiger partial charge on any atom is -0.481 e. The smallest absolute Gasteiger partial charge is 0.316 e. The first-order chi connectivity index (χ1) is 6.63. The molecule has 1 rings (SSSR count). The molecule has 0 fully saturated rings. The van der Waals surface area contributed by atoms with E-state index in [2.05, 4.69) is 9.97 Å². The van der Waals surface area contributed by atoms with E-state index in [1.807, 2.05) is 0 Å². The number of hydrogen-bond acceptors (Lipinski definition) is 5. The van der Waals surface area contributed by atoms with Gasteiger partial charge in [0.15, 0.2) is 0 Å². The molecule has 6 nitrogen and oxygen atoms in total. The summed E-state index contributed by atoms with van der Waals surface area (Å²) in [7, 11) is 1.45. The van der Waals surface area contributed by atoms with E-state index < -0.39 is 12.0 Å². The quantitative estimate of drug-likeness (QED) is 0.702. The lowest BCUT2D eigenvalue weighted by molar-refractivity contribution is -0.137. The Labute approximate surface area is 80.7 Å². The first-order valence-electron chi connectivity index (χ1n) is 3.96. The van der Waals surface area contributed by atoms with E-state index in [4.69, 9.17) is 15.6 Å². The molecule has 0 bridgehead atoms. The van der Waals surface area contributed by atoms with Crippen LogP contribution in [0, 0.1) is 0 Å². The summed E-state index contributed by atoms with van der Waals surface area (Å²) in [6.45, 7) is 0. The summed E-state index contributed by atoms with van der Waals surface area (Å²) in [5.41, 5.74) is 6.16. The summed E-state index contributed by atoms with van der Waals surface area (Å²) in [5, 5.41) is 8.50. The zero-order chi connectivity index (χ0) is 10.6. The molecule has 0 aliphatic rings. The van der Waals surface area contributed by atoms with Crippen LogP contribution in [0.2, 0.25) is 0 Å². The second-order valence-corrected chi connectivity index (χ2v) is 2.71. The minimum atomic E-state index is -0.951. The van der Waals surface area contributed by atoms with Crippen LogP contribution in [-0.2, 0) is 4.79 Å².